The number of phenolic OH excluding ortho intramolecular Hbond substituents is 1. The van der Waals surface area contributed by atoms with Gasteiger partial charge in [-0.2, -0.15) is 0 Å². The molecule has 0 unspecified atom stereocenters. The Kier molecular flexibility index (Phi) is 7.66. The quantitative estimate of drug-likeness (QED) is 0.184. The van der Waals surface area contributed by atoms with Gasteiger partial charge >= 0.3 is 5.97 Å². The minimum absolute atomic E-state index is 0.0737. The van der Waals surface area contributed by atoms with Crippen LogP contribution in [0.4, 0.5) is 15.8 Å². The SMILES string of the molecule is COc1cc([C@H]2C3=CC[C@@H]4C(=O)N(c5cccc(C(=O)O)c5)C(=O)[C@@H]4[C@@H]3C[C@H]3C(=O)N(c4ccc(F)c(Cl)c4)C(=O)[C@@]23C)cc(I)c1O. The van der Waals surface area contributed by atoms with Gasteiger partial charge in [0.2, 0.25) is 23.6 Å². The second kappa shape index (κ2) is 11.4. The molecule has 2 aliphatic heterocycles. The Bertz CT molecular complexity index is 2020. The number of allylic oxidation sites excluding steroid dienone is 2. The summed E-state index contributed by atoms with van der Waals surface area (Å²) >= 11 is 8.02. The van der Waals surface area contributed by atoms with Gasteiger partial charge in [-0.3, -0.25) is 24.1 Å². The van der Waals surface area contributed by atoms with Crippen LogP contribution < -0.4 is 14.5 Å². The maximum atomic E-state index is 14.6. The van der Waals surface area contributed by atoms with Crippen LogP contribution in [0.15, 0.2) is 66.2 Å². The molecular formula is C35H27ClFIN2O8. The molecule has 2 aliphatic carbocycles. The highest BCUT2D eigenvalue weighted by Gasteiger charge is 2.67. The highest BCUT2D eigenvalue weighted by Crippen LogP contribution is 2.64. The maximum absolute atomic E-state index is 14.6. The zero-order valence-corrected chi connectivity index (χ0v) is 28.4. The first kappa shape index (κ1) is 32.3. The first-order valence-electron chi connectivity index (χ1n) is 15.1. The molecule has 7 rings (SSSR count). The van der Waals surface area contributed by atoms with E-state index in [1.807, 2.05) is 28.7 Å². The Hall–Kier alpha value is -4.30. The Morgan fingerprint density at radius 2 is 1.73 bits per heavy atom. The van der Waals surface area contributed by atoms with Crippen LogP contribution in [0, 0.1) is 38.5 Å². The number of fused-ring (bicyclic) bond motifs is 4. The number of nitrogens with zero attached hydrogens (tertiary/aromatic N) is 2. The average Bonchev–Trinajstić information content (AvgIpc) is 3.43. The zero-order chi connectivity index (χ0) is 34.4. The van der Waals surface area contributed by atoms with Crippen LogP contribution in [0.2, 0.25) is 5.02 Å². The van der Waals surface area contributed by atoms with E-state index in [1.165, 1.54) is 43.5 Å². The number of carbonyl (C=O) groups excluding carboxylic acids is 4. The number of phenols is 1. The molecule has 6 atom stereocenters. The standard InChI is InChI=1S/C35H27ClFIN2O8/c1-35-22(31(43)40(34(35)47)18-6-9-24(37)23(36)13-18)14-21-19(28(35)16-11-25(38)29(41)26(12-16)48-2)7-8-20-27(21)32(44)39(30(20)42)17-5-3-4-15(10-17)33(45)46/h3-7,9-13,20-22,27-28,41H,8,14H2,1-2H3,(H,45,46)/t20-,21+,22-,27-,28-,35+/m0/s1. The Morgan fingerprint density at radius 3 is 2.42 bits per heavy atom. The van der Waals surface area contributed by atoms with E-state index >= 15 is 0 Å². The maximum Gasteiger partial charge on any atom is 0.335 e. The molecule has 4 aliphatic rings. The number of rotatable bonds is 5. The van der Waals surface area contributed by atoms with Gasteiger partial charge in [-0.05, 0) is 102 Å². The molecule has 2 saturated heterocycles. The average molecular weight is 785 g/mol. The van der Waals surface area contributed by atoms with Gasteiger partial charge in [0, 0.05) is 5.92 Å². The summed E-state index contributed by atoms with van der Waals surface area (Å²) in [6, 6.07) is 12.5. The third-order valence-electron chi connectivity index (χ3n) is 10.4. The van der Waals surface area contributed by atoms with Crippen molar-refractivity contribution in [1.82, 2.24) is 0 Å². The van der Waals surface area contributed by atoms with Gasteiger partial charge in [0.05, 0.1) is 55.8 Å². The zero-order valence-electron chi connectivity index (χ0n) is 25.4. The minimum Gasteiger partial charge on any atom is -0.504 e. The second-order valence-electron chi connectivity index (χ2n) is 12.7. The Balaban J connectivity index is 1.38. The van der Waals surface area contributed by atoms with Gasteiger partial charge in [-0.15, -0.1) is 0 Å². The van der Waals surface area contributed by atoms with Gasteiger partial charge in [0.15, 0.2) is 11.5 Å². The molecule has 13 heteroatoms. The molecule has 0 bridgehead atoms. The molecule has 3 aromatic carbocycles. The van der Waals surface area contributed by atoms with Crippen LogP contribution in [-0.2, 0) is 19.2 Å². The lowest BCUT2D eigenvalue weighted by atomic mass is 9.51. The number of methoxy groups -OCH3 is 1. The lowest BCUT2D eigenvalue weighted by Gasteiger charge is -2.49. The predicted molar refractivity (Wildman–Crippen MR) is 179 cm³/mol. The summed E-state index contributed by atoms with van der Waals surface area (Å²) in [4.78, 5) is 70.8. The van der Waals surface area contributed by atoms with E-state index in [4.69, 9.17) is 16.3 Å². The van der Waals surface area contributed by atoms with Gasteiger partial charge in [0.1, 0.15) is 5.82 Å². The van der Waals surface area contributed by atoms with Crippen molar-refractivity contribution in [3.63, 3.8) is 0 Å². The first-order valence-corrected chi connectivity index (χ1v) is 16.6. The lowest BCUT2D eigenvalue weighted by Crippen LogP contribution is -2.49. The third kappa shape index (κ3) is 4.51. The van der Waals surface area contributed by atoms with Crippen LogP contribution in [0.5, 0.6) is 11.5 Å². The first-order chi connectivity index (χ1) is 22.8. The smallest absolute Gasteiger partial charge is 0.335 e. The molecule has 0 radical (unpaired) electrons. The summed E-state index contributed by atoms with van der Waals surface area (Å²) in [7, 11) is 1.40. The van der Waals surface area contributed by atoms with Crippen molar-refractivity contribution in [2.24, 2.45) is 29.1 Å². The van der Waals surface area contributed by atoms with Crippen LogP contribution in [0.1, 0.15) is 41.6 Å². The number of imide groups is 2. The van der Waals surface area contributed by atoms with Crippen molar-refractivity contribution in [1.29, 1.82) is 0 Å². The molecule has 0 aromatic heterocycles. The molecule has 1 saturated carbocycles. The van der Waals surface area contributed by atoms with E-state index < -0.39 is 70.4 Å². The molecule has 10 nitrogen and oxygen atoms in total. The number of amides is 4. The third-order valence-corrected chi connectivity index (χ3v) is 11.5. The van der Waals surface area contributed by atoms with Crippen LogP contribution >= 0.6 is 34.2 Å². The van der Waals surface area contributed by atoms with Crippen molar-refractivity contribution >= 4 is 75.2 Å². The van der Waals surface area contributed by atoms with Gasteiger partial charge in [0.25, 0.3) is 0 Å². The predicted octanol–water partition coefficient (Wildman–Crippen LogP) is 5.93. The summed E-state index contributed by atoms with van der Waals surface area (Å²) in [5, 5.41) is 19.9. The summed E-state index contributed by atoms with van der Waals surface area (Å²) in [6.07, 6.45) is 2.13. The number of carboxylic acids is 1. The fourth-order valence-corrected chi connectivity index (χ4v) is 9.01. The van der Waals surface area contributed by atoms with Crippen molar-refractivity contribution in [2.75, 3.05) is 16.9 Å². The largest absolute Gasteiger partial charge is 0.504 e. The van der Waals surface area contributed by atoms with E-state index in [9.17, 15) is 38.6 Å². The fourth-order valence-electron chi connectivity index (χ4n) is 8.21. The van der Waals surface area contributed by atoms with Crippen LogP contribution in [-0.4, -0.2) is 46.9 Å². The van der Waals surface area contributed by atoms with Gasteiger partial charge in [-0.25, -0.2) is 14.1 Å². The van der Waals surface area contributed by atoms with E-state index in [0.717, 1.165) is 15.9 Å². The molecule has 2 N–H and O–H groups in total. The van der Waals surface area contributed by atoms with E-state index in [1.54, 1.807) is 19.1 Å². The molecule has 2 heterocycles. The molecule has 0 spiro atoms. The number of ether oxygens (including phenoxy) is 1. The van der Waals surface area contributed by atoms with Crippen molar-refractivity contribution in [3.8, 4) is 11.5 Å². The van der Waals surface area contributed by atoms with Crippen LogP contribution in [0.3, 0.4) is 0 Å². The van der Waals surface area contributed by atoms with Crippen molar-refractivity contribution < 1.29 is 43.3 Å². The number of benzene rings is 3. The summed E-state index contributed by atoms with van der Waals surface area (Å²) in [5.41, 5.74) is 0.0544. The normalized spacial score (nSPS) is 27.9. The number of hydrogen-bond donors (Lipinski definition) is 2. The van der Waals surface area contributed by atoms with Crippen molar-refractivity contribution in [3.05, 3.63) is 91.8 Å². The number of carbonyl (C=O) groups is 5. The van der Waals surface area contributed by atoms with E-state index in [0.29, 0.717) is 14.7 Å². The molecular weight excluding hydrogens is 758 g/mol. The lowest BCUT2D eigenvalue weighted by molar-refractivity contribution is -0.131. The number of aromatic carboxylic acids is 1. The molecule has 48 heavy (non-hydrogen) atoms. The number of halogens is 3. The van der Waals surface area contributed by atoms with E-state index in [-0.39, 0.29) is 46.3 Å². The highest BCUT2D eigenvalue weighted by atomic mass is 127. The fraction of sp³-hybridized carbons (Fsp3) is 0.286. The number of hydrogen-bond acceptors (Lipinski definition) is 7. The minimum atomic E-state index is -1.39. The summed E-state index contributed by atoms with van der Waals surface area (Å²) in [5.74, 6) is -7.93. The molecule has 3 aromatic rings. The van der Waals surface area contributed by atoms with E-state index in [2.05, 4.69) is 0 Å². The number of carboxylic acid groups (broad SMARTS) is 1. The molecule has 246 valence electrons. The Morgan fingerprint density at radius 1 is 1.00 bits per heavy atom. The summed E-state index contributed by atoms with van der Waals surface area (Å²) < 4.78 is 20.0. The topological polar surface area (TPSA) is 142 Å². The second-order valence-corrected chi connectivity index (χ2v) is 14.3. The Labute approximate surface area is 292 Å². The van der Waals surface area contributed by atoms with Gasteiger partial charge < -0.3 is 14.9 Å². The molecule has 3 fully saturated rings. The summed E-state index contributed by atoms with van der Waals surface area (Å²) in [6.45, 7) is 1.70. The number of anilines is 2. The number of aromatic hydroxyl groups is 1. The van der Waals surface area contributed by atoms with Gasteiger partial charge in [-0.1, -0.05) is 29.3 Å². The van der Waals surface area contributed by atoms with Crippen molar-refractivity contribution in [2.45, 2.75) is 25.7 Å². The van der Waals surface area contributed by atoms with Crippen LogP contribution in [0.25, 0.3) is 0 Å². The highest BCUT2D eigenvalue weighted by molar-refractivity contribution is 14.1. The monoisotopic (exact) mass is 784 g/mol. The molecule has 4 amide bonds.